The summed E-state index contributed by atoms with van der Waals surface area (Å²) in [6.07, 6.45) is 2.66. The van der Waals surface area contributed by atoms with Gasteiger partial charge in [-0.15, -0.1) is 0 Å². The largest absolute Gasteiger partial charge is 0.282 e. The van der Waals surface area contributed by atoms with E-state index in [1.54, 1.807) is 12.1 Å². The van der Waals surface area contributed by atoms with E-state index in [4.69, 9.17) is 0 Å². The fraction of sp³-hybridized carbons (Fsp3) is 0.455. The van der Waals surface area contributed by atoms with Crippen LogP contribution >= 0.6 is 15.9 Å². The number of sulfonamides is 1. The van der Waals surface area contributed by atoms with E-state index in [2.05, 4.69) is 20.7 Å². The third-order valence-electron chi connectivity index (χ3n) is 2.16. The van der Waals surface area contributed by atoms with E-state index in [1.165, 1.54) is 0 Å². The van der Waals surface area contributed by atoms with E-state index in [-0.39, 0.29) is 5.75 Å². The average Bonchev–Trinajstić information content (AvgIpc) is 2.21. The summed E-state index contributed by atoms with van der Waals surface area (Å²) in [5, 5.41) is 0. The summed E-state index contributed by atoms with van der Waals surface area (Å²) in [5.41, 5.74) is 0.596. The summed E-state index contributed by atoms with van der Waals surface area (Å²) in [5.74, 6) is 0.183. The van der Waals surface area contributed by atoms with Crippen LogP contribution in [0, 0.1) is 0 Å². The van der Waals surface area contributed by atoms with Crippen molar-refractivity contribution in [3.05, 3.63) is 28.7 Å². The van der Waals surface area contributed by atoms with Crippen molar-refractivity contribution in [3.63, 3.8) is 0 Å². The molecule has 0 atom stereocenters. The Morgan fingerprint density at radius 3 is 2.56 bits per heavy atom. The van der Waals surface area contributed by atoms with Crippen molar-refractivity contribution in [2.24, 2.45) is 0 Å². The number of benzene rings is 1. The summed E-state index contributed by atoms with van der Waals surface area (Å²) in [6, 6.07) is 7.19. The van der Waals surface area contributed by atoms with E-state index in [0.29, 0.717) is 12.1 Å². The molecule has 0 aliphatic carbocycles. The summed E-state index contributed by atoms with van der Waals surface area (Å²) in [6.45, 7) is 2.05. The van der Waals surface area contributed by atoms with Crippen molar-refractivity contribution in [3.8, 4) is 0 Å². The van der Waals surface area contributed by atoms with Crippen LogP contribution in [0.5, 0.6) is 0 Å². The molecule has 0 radical (unpaired) electrons. The molecule has 1 rings (SSSR count). The van der Waals surface area contributed by atoms with Crippen LogP contribution in [-0.2, 0) is 10.0 Å². The normalized spacial score (nSPS) is 11.4. The highest BCUT2D eigenvalue weighted by molar-refractivity contribution is 9.10. The smallest absolute Gasteiger partial charge is 0.232 e. The molecule has 0 bridgehead atoms. The van der Waals surface area contributed by atoms with Gasteiger partial charge in [-0.2, -0.15) is 0 Å². The highest BCUT2D eigenvalue weighted by Gasteiger charge is 2.11. The molecule has 90 valence electrons. The minimum atomic E-state index is -3.21. The van der Waals surface area contributed by atoms with Gasteiger partial charge in [-0.3, -0.25) is 4.72 Å². The van der Waals surface area contributed by atoms with Crippen molar-refractivity contribution in [1.29, 1.82) is 0 Å². The zero-order chi connectivity index (χ0) is 12.0. The molecule has 5 heteroatoms. The van der Waals surface area contributed by atoms with Gasteiger partial charge in [0.05, 0.1) is 11.4 Å². The lowest BCUT2D eigenvalue weighted by Gasteiger charge is -2.08. The molecule has 0 heterocycles. The van der Waals surface area contributed by atoms with Crippen LogP contribution in [0.4, 0.5) is 5.69 Å². The first-order chi connectivity index (χ1) is 7.55. The number of unbranched alkanes of at least 4 members (excludes halogenated alkanes) is 2. The molecular formula is C11H16BrNO2S. The number of hydrogen-bond acceptors (Lipinski definition) is 2. The van der Waals surface area contributed by atoms with Crippen LogP contribution in [0.1, 0.15) is 26.2 Å². The predicted octanol–water partition coefficient (Wildman–Crippen LogP) is 3.38. The van der Waals surface area contributed by atoms with Gasteiger partial charge in [0.15, 0.2) is 0 Å². The van der Waals surface area contributed by atoms with Crippen molar-refractivity contribution in [2.45, 2.75) is 26.2 Å². The summed E-state index contributed by atoms with van der Waals surface area (Å²) in [7, 11) is -3.21. The van der Waals surface area contributed by atoms with E-state index >= 15 is 0 Å². The van der Waals surface area contributed by atoms with Crippen LogP contribution in [0.15, 0.2) is 28.7 Å². The van der Waals surface area contributed by atoms with Gasteiger partial charge in [0, 0.05) is 4.47 Å². The molecule has 0 unspecified atom stereocenters. The maximum atomic E-state index is 11.7. The predicted molar refractivity (Wildman–Crippen MR) is 71.1 cm³/mol. The summed E-state index contributed by atoms with van der Waals surface area (Å²) < 4.78 is 26.7. The standard InChI is InChI=1S/C11H16BrNO2S/c1-2-3-6-9-16(14,15)13-11-8-5-4-7-10(11)12/h4-5,7-8,13H,2-3,6,9H2,1H3. The first-order valence-corrected chi connectivity index (χ1v) is 7.74. The fourth-order valence-corrected chi connectivity index (χ4v) is 3.02. The van der Waals surface area contributed by atoms with E-state index in [9.17, 15) is 8.42 Å². The second-order valence-electron chi connectivity index (χ2n) is 3.61. The molecule has 0 saturated heterocycles. The fourth-order valence-electron chi connectivity index (χ4n) is 1.30. The van der Waals surface area contributed by atoms with Gasteiger partial charge in [0.1, 0.15) is 0 Å². The number of nitrogens with one attached hydrogen (secondary N) is 1. The van der Waals surface area contributed by atoms with Crippen LogP contribution in [-0.4, -0.2) is 14.2 Å². The van der Waals surface area contributed by atoms with Gasteiger partial charge in [0.2, 0.25) is 10.0 Å². The van der Waals surface area contributed by atoms with Gasteiger partial charge in [0.25, 0.3) is 0 Å². The Balaban J connectivity index is 2.63. The zero-order valence-corrected chi connectivity index (χ0v) is 11.6. The number of halogens is 1. The first-order valence-electron chi connectivity index (χ1n) is 5.30. The van der Waals surface area contributed by atoms with Crippen molar-refractivity contribution in [2.75, 3.05) is 10.5 Å². The Labute approximate surface area is 105 Å². The minimum absolute atomic E-state index is 0.183. The molecule has 0 saturated carbocycles. The van der Waals surface area contributed by atoms with Crippen molar-refractivity contribution in [1.82, 2.24) is 0 Å². The molecular weight excluding hydrogens is 290 g/mol. The molecule has 3 nitrogen and oxygen atoms in total. The molecule has 0 amide bonds. The van der Waals surface area contributed by atoms with Crippen LogP contribution < -0.4 is 4.72 Å². The Bertz CT molecular complexity index is 431. The number of para-hydroxylation sites is 1. The lowest BCUT2D eigenvalue weighted by atomic mass is 10.3. The highest BCUT2D eigenvalue weighted by Crippen LogP contribution is 2.22. The maximum absolute atomic E-state index is 11.7. The number of anilines is 1. The molecule has 0 aliphatic heterocycles. The van der Waals surface area contributed by atoms with Crippen molar-refractivity contribution < 1.29 is 8.42 Å². The van der Waals surface area contributed by atoms with Crippen LogP contribution in [0.2, 0.25) is 0 Å². The molecule has 1 N–H and O–H groups in total. The minimum Gasteiger partial charge on any atom is -0.282 e. The number of rotatable bonds is 6. The maximum Gasteiger partial charge on any atom is 0.232 e. The lowest BCUT2D eigenvalue weighted by Crippen LogP contribution is -2.16. The summed E-state index contributed by atoms with van der Waals surface area (Å²) in [4.78, 5) is 0. The van der Waals surface area contributed by atoms with Gasteiger partial charge in [-0.25, -0.2) is 8.42 Å². The van der Waals surface area contributed by atoms with Gasteiger partial charge < -0.3 is 0 Å². The Morgan fingerprint density at radius 2 is 1.94 bits per heavy atom. The zero-order valence-electron chi connectivity index (χ0n) is 9.24. The molecule has 16 heavy (non-hydrogen) atoms. The van der Waals surface area contributed by atoms with Gasteiger partial charge in [-0.05, 0) is 34.5 Å². The highest BCUT2D eigenvalue weighted by atomic mass is 79.9. The average molecular weight is 306 g/mol. The molecule has 0 spiro atoms. The molecule has 1 aromatic carbocycles. The molecule has 0 fully saturated rings. The quantitative estimate of drug-likeness (QED) is 0.819. The Hall–Kier alpha value is -0.550. The van der Waals surface area contributed by atoms with E-state index in [0.717, 1.165) is 17.3 Å². The first kappa shape index (κ1) is 13.5. The summed E-state index contributed by atoms with van der Waals surface area (Å²) >= 11 is 3.30. The van der Waals surface area contributed by atoms with E-state index in [1.807, 2.05) is 19.1 Å². The third-order valence-corrected chi connectivity index (χ3v) is 4.20. The van der Waals surface area contributed by atoms with Crippen LogP contribution in [0.25, 0.3) is 0 Å². The van der Waals surface area contributed by atoms with Gasteiger partial charge in [-0.1, -0.05) is 31.9 Å². The lowest BCUT2D eigenvalue weighted by molar-refractivity contribution is 0.596. The SMILES string of the molecule is CCCCCS(=O)(=O)Nc1ccccc1Br. The topological polar surface area (TPSA) is 46.2 Å². The monoisotopic (exact) mass is 305 g/mol. The van der Waals surface area contributed by atoms with Gasteiger partial charge >= 0.3 is 0 Å². The second-order valence-corrected chi connectivity index (χ2v) is 6.30. The molecule has 1 aromatic rings. The molecule has 0 aromatic heterocycles. The third kappa shape index (κ3) is 4.53. The van der Waals surface area contributed by atoms with E-state index < -0.39 is 10.0 Å². The van der Waals surface area contributed by atoms with Crippen LogP contribution in [0.3, 0.4) is 0 Å². The van der Waals surface area contributed by atoms with Crippen molar-refractivity contribution >= 4 is 31.6 Å². The Morgan fingerprint density at radius 1 is 1.25 bits per heavy atom. The number of hydrogen-bond donors (Lipinski definition) is 1. The molecule has 0 aliphatic rings. The second kappa shape index (κ2) is 6.25. The Kier molecular flexibility index (Phi) is 5.28.